The van der Waals surface area contributed by atoms with Crippen molar-refractivity contribution in [3.8, 4) is 16.9 Å². The molecule has 0 saturated carbocycles. The quantitative estimate of drug-likeness (QED) is 0.218. The lowest BCUT2D eigenvalue weighted by molar-refractivity contribution is -0.137. The molecule has 0 spiro atoms. The SMILES string of the molecule is Nc1ccccc1OCCNC(=O)[C@@H]1Cc2ccccc2N1S(=O)(=O)c1ccc(-c2cccc(C(F)(F)F)c2)cc1. The van der Waals surface area contributed by atoms with Gasteiger partial charge < -0.3 is 15.8 Å². The number of carbonyl (C=O) groups is 1. The molecule has 4 aromatic rings. The molecule has 11 heteroatoms. The van der Waals surface area contributed by atoms with Gasteiger partial charge in [0.05, 0.1) is 28.4 Å². The Hall–Kier alpha value is -4.51. The number of sulfonamides is 1. The molecule has 0 aliphatic carbocycles. The maximum absolute atomic E-state index is 13.9. The molecule has 1 heterocycles. The lowest BCUT2D eigenvalue weighted by Gasteiger charge is -2.26. The molecule has 41 heavy (non-hydrogen) atoms. The molecule has 7 nitrogen and oxygen atoms in total. The molecule has 1 atom stereocenters. The Labute approximate surface area is 235 Å². The molecular formula is C30H26F3N3O4S. The summed E-state index contributed by atoms with van der Waals surface area (Å²) in [4.78, 5) is 13.2. The van der Waals surface area contributed by atoms with Gasteiger partial charge in [-0.3, -0.25) is 9.10 Å². The van der Waals surface area contributed by atoms with Gasteiger partial charge in [-0.05, 0) is 59.2 Å². The summed E-state index contributed by atoms with van der Waals surface area (Å²) in [7, 11) is -4.21. The van der Waals surface area contributed by atoms with Gasteiger partial charge in [-0.2, -0.15) is 13.2 Å². The third-order valence-electron chi connectivity index (χ3n) is 6.74. The van der Waals surface area contributed by atoms with E-state index in [1.807, 2.05) is 0 Å². The highest BCUT2D eigenvalue weighted by molar-refractivity contribution is 7.93. The van der Waals surface area contributed by atoms with Crippen molar-refractivity contribution in [2.75, 3.05) is 23.2 Å². The van der Waals surface area contributed by atoms with Gasteiger partial charge in [0.25, 0.3) is 10.0 Å². The van der Waals surface area contributed by atoms with Crippen LogP contribution in [0, 0.1) is 0 Å². The summed E-state index contributed by atoms with van der Waals surface area (Å²) in [5.41, 5.74) is 7.34. The standard InChI is InChI=1S/C30H26F3N3O4S/c31-30(32,33)23-8-5-7-21(18-23)20-12-14-24(15-13-20)41(38,39)36-26-10-3-1-6-22(26)19-27(36)29(37)35-16-17-40-28-11-4-2-9-25(28)34/h1-15,18,27H,16-17,19,34H2,(H,35,37)/t27-/m0/s1. The molecule has 4 aromatic carbocycles. The van der Waals surface area contributed by atoms with E-state index in [9.17, 15) is 26.4 Å². The molecule has 3 N–H and O–H groups in total. The van der Waals surface area contributed by atoms with Crippen molar-refractivity contribution in [2.24, 2.45) is 0 Å². The van der Waals surface area contributed by atoms with E-state index in [-0.39, 0.29) is 24.5 Å². The Morgan fingerprint density at radius 3 is 2.37 bits per heavy atom. The summed E-state index contributed by atoms with van der Waals surface area (Å²) < 4.78 is 73.9. The van der Waals surface area contributed by atoms with E-state index in [0.717, 1.165) is 16.4 Å². The van der Waals surface area contributed by atoms with Crippen molar-refractivity contribution < 1.29 is 31.1 Å². The van der Waals surface area contributed by atoms with Crippen LogP contribution in [0.2, 0.25) is 0 Å². The molecule has 0 saturated heterocycles. The first kappa shape index (κ1) is 28.0. The Morgan fingerprint density at radius 1 is 0.927 bits per heavy atom. The number of halogens is 3. The van der Waals surface area contributed by atoms with E-state index >= 15 is 0 Å². The van der Waals surface area contributed by atoms with Gasteiger partial charge in [-0.25, -0.2) is 8.42 Å². The number of nitrogens with zero attached hydrogens (tertiary/aromatic N) is 1. The Bertz CT molecular complexity index is 1680. The molecule has 0 fully saturated rings. The zero-order chi connectivity index (χ0) is 29.2. The number of nitrogen functional groups attached to an aromatic ring is 1. The van der Waals surface area contributed by atoms with Crippen molar-refractivity contribution in [1.82, 2.24) is 5.32 Å². The highest BCUT2D eigenvalue weighted by Crippen LogP contribution is 2.38. The number of ether oxygens (including phenoxy) is 1. The number of fused-ring (bicyclic) bond motifs is 1. The Balaban J connectivity index is 1.35. The zero-order valence-electron chi connectivity index (χ0n) is 21.6. The van der Waals surface area contributed by atoms with Crippen molar-refractivity contribution in [3.63, 3.8) is 0 Å². The van der Waals surface area contributed by atoms with Crippen LogP contribution in [-0.2, 0) is 27.4 Å². The zero-order valence-corrected chi connectivity index (χ0v) is 22.5. The Morgan fingerprint density at radius 2 is 1.63 bits per heavy atom. The molecule has 1 aliphatic heterocycles. The number of hydrogen-bond acceptors (Lipinski definition) is 5. The van der Waals surface area contributed by atoms with Gasteiger partial charge >= 0.3 is 6.18 Å². The number of hydrogen-bond donors (Lipinski definition) is 2. The monoisotopic (exact) mass is 581 g/mol. The number of rotatable bonds is 8. The Kier molecular flexibility index (Phi) is 7.63. The minimum absolute atomic E-state index is 0.0920. The number of para-hydroxylation sites is 3. The van der Waals surface area contributed by atoms with E-state index < -0.39 is 33.7 Å². The van der Waals surface area contributed by atoms with E-state index in [4.69, 9.17) is 10.5 Å². The summed E-state index contributed by atoms with van der Waals surface area (Å²) >= 11 is 0. The van der Waals surface area contributed by atoms with Crippen LogP contribution >= 0.6 is 0 Å². The number of carbonyl (C=O) groups excluding carboxylic acids is 1. The topological polar surface area (TPSA) is 102 Å². The molecule has 0 radical (unpaired) electrons. The normalized spacial score (nSPS) is 14.9. The van der Waals surface area contributed by atoms with Gasteiger partial charge in [0.15, 0.2) is 0 Å². The average molecular weight is 582 g/mol. The number of benzene rings is 4. The number of nitrogens with one attached hydrogen (secondary N) is 1. The smallest absolute Gasteiger partial charge is 0.416 e. The number of anilines is 2. The van der Waals surface area contributed by atoms with Gasteiger partial charge in [0.2, 0.25) is 5.91 Å². The summed E-state index contributed by atoms with van der Waals surface area (Å²) in [6.45, 7) is 0.253. The maximum atomic E-state index is 13.9. The van der Waals surface area contributed by atoms with Crippen LogP contribution < -0.4 is 20.1 Å². The summed E-state index contributed by atoms with van der Waals surface area (Å²) in [5.74, 6) is -0.0113. The van der Waals surface area contributed by atoms with Gasteiger partial charge in [0.1, 0.15) is 18.4 Å². The number of alkyl halides is 3. The molecular weight excluding hydrogens is 555 g/mol. The third-order valence-corrected chi connectivity index (χ3v) is 8.58. The van der Waals surface area contributed by atoms with E-state index in [0.29, 0.717) is 33.8 Å². The fourth-order valence-corrected chi connectivity index (χ4v) is 6.38. The van der Waals surface area contributed by atoms with Crippen LogP contribution in [0.1, 0.15) is 11.1 Å². The molecule has 1 aliphatic rings. The van der Waals surface area contributed by atoms with Gasteiger partial charge in [0, 0.05) is 6.42 Å². The molecule has 0 unspecified atom stereocenters. The fraction of sp³-hybridized carbons (Fsp3) is 0.167. The van der Waals surface area contributed by atoms with Crippen molar-refractivity contribution in [2.45, 2.75) is 23.5 Å². The molecule has 5 rings (SSSR count). The first-order valence-electron chi connectivity index (χ1n) is 12.7. The minimum Gasteiger partial charge on any atom is -0.490 e. The van der Waals surface area contributed by atoms with Gasteiger partial charge in [-0.1, -0.05) is 54.6 Å². The molecule has 0 bridgehead atoms. The van der Waals surface area contributed by atoms with E-state index in [1.54, 1.807) is 48.5 Å². The lowest BCUT2D eigenvalue weighted by atomic mass is 10.0. The summed E-state index contributed by atoms with van der Waals surface area (Å²) in [5, 5.41) is 2.75. The number of amides is 1. The van der Waals surface area contributed by atoms with Crippen LogP contribution in [0.15, 0.2) is 102 Å². The highest BCUT2D eigenvalue weighted by Gasteiger charge is 2.42. The van der Waals surface area contributed by atoms with Crippen LogP contribution in [0.25, 0.3) is 11.1 Å². The first-order chi connectivity index (χ1) is 19.6. The second kappa shape index (κ2) is 11.2. The largest absolute Gasteiger partial charge is 0.490 e. The summed E-state index contributed by atoms with van der Waals surface area (Å²) in [6.07, 6.45) is -4.32. The fourth-order valence-electron chi connectivity index (χ4n) is 4.73. The van der Waals surface area contributed by atoms with Crippen LogP contribution in [0.5, 0.6) is 5.75 Å². The first-order valence-corrected chi connectivity index (χ1v) is 14.1. The minimum atomic E-state index is -4.50. The van der Waals surface area contributed by atoms with Crippen molar-refractivity contribution in [1.29, 1.82) is 0 Å². The predicted octanol–water partition coefficient (Wildman–Crippen LogP) is 5.27. The van der Waals surface area contributed by atoms with Crippen LogP contribution in [0.3, 0.4) is 0 Å². The highest BCUT2D eigenvalue weighted by atomic mass is 32.2. The van der Waals surface area contributed by atoms with Gasteiger partial charge in [-0.15, -0.1) is 0 Å². The van der Waals surface area contributed by atoms with E-state index in [2.05, 4.69) is 5.32 Å². The maximum Gasteiger partial charge on any atom is 0.416 e. The van der Waals surface area contributed by atoms with Crippen molar-refractivity contribution >= 4 is 27.3 Å². The second-order valence-corrected chi connectivity index (χ2v) is 11.2. The van der Waals surface area contributed by atoms with Crippen LogP contribution in [0.4, 0.5) is 24.5 Å². The third kappa shape index (κ3) is 5.85. The average Bonchev–Trinajstić information content (AvgIpc) is 3.37. The molecule has 1 amide bonds. The van der Waals surface area contributed by atoms with E-state index in [1.165, 1.54) is 36.4 Å². The lowest BCUT2D eigenvalue weighted by Crippen LogP contribution is -2.48. The van der Waals surface area contributed by atoms with Crippen molar-refractivity contribution in [3.05, 3.63) is 108 Å². The summed E-state index contributed by atoms with van der Waals surface area (Å²) in [6, 6.07) is 23.1. The second-order valence-electron chi connectivity index (χ2n) is 9.43. The molecule has 212 valence electrons. The number of nitrogens with two attached hydrogens (primary N) is 1. The molecule has 0 aromatic heterocycles. The van der Waals surface area contributed by atoms with Crippen LogP contribution in [-0.4, -0.2) is 33.5 Å². The predicted molar refractivity (Wildman–Crippen MR) is 150 cm³/mol.